The van der Waals surface area contributed by atoms with Crippen LogP contribution in [-0.2, 0) is 0 Å². The third-order valence-corrected chi connectivity index (χ3v) is 2.27. The molecule has 0 saturated heterocycles. The Bertz CT molecular complexity index is 330. The Morgan fingerprint density at radius 1 is 1.53 bits per heavy atom. The van der Waals surface area contributed by atoms with E-state index in [0.29, 0.717) is 23.5 Å². The highest BCUT2D eigenvalue weighted by Crippen LogP contribution is 2.19. The maximum absolute atomic E-state index is 9.75. The molecule has 0 aliphatic rings. The Balaban J connectivity index is 2.81. The molecule has 1 heterocycles. The molecule has 0 saturated carbocycles. The van der Waals surface area contributed by atoms with Crippen LogP contribution in [0.5, 0.6) is 0 Å². The molecule has 1 aromatic heterocycles. The lowest BCUT2D eigenvalue weighted by Gasteiger charge is -2.18. The second kappa shape index (κ2) is 5.06. The summed E-state index contributed by atoms with van der Waals surface area (Å²) < 4.78 is 0. The largest absolute Gasteiger partial charge is 0.397 e. The molecule has 0 aliphatic carbocycles. The third kappa shape index (κ3) is 2.89. The first-order valence-corrected chi connectivity index (χ1v) is 4.79. The first-order chi connectivity index (χ1) is 7.06. The lowest BCUT2D eigenvalue weighted by Crippen LogP contribution is -2.29. The summed E-state index contributed by atoms with van der Waals surface area (Å²) in [6.45, 7) is 2.10. The van der Waals surface area contributed by atoms with Crippen molar-refractivity contribution in [2.45, 2.75) is 19.1 Å². The van der Waals surface area contributed by atoms with Crippen molar-refractivity contribution in [1.29, 1.82) is 0 Å². The minimum Gasteiger partial charge on any atom is -0.397 e. The highest BCUT2D eigenvalue weighted by Gasteiger charge is 2.18. The van der Waals surface area contributed by atoms with Gasteiger partial charge in [0.15, 0.2) is 0 Å². The standard InChI is InChI=1S/C10H17N3O2/c1-6-8(11)3-7(4-13-6)10(15)9(14)5-12-2/h3-4,9-10,12,14-15H,5,11H2,1-2H3. The number of nitrogen functional groups attached to an aromatic ring is 1. The smallest absolute Gasteiger partial charge is 0.108 e. The van der Waals surface area contributed by atoms with Crippen molar-refractivity contribution in [2.75, 3.05) is 19.3 Å². The van der Waals surface area contributed by atoms with Gasteiger partial charge in [0.2, 0.25) is 0 Å². The lowest BCUT2D eigenvalue weighted by molar-refractivity contribution is 0.0201. The summed E-state index contributed by atoms with van der Waals surface area (Å²) in [7, 11) is 1.71. The van der Waals surface area contributed by atoms with Gasteiger partial charge in [-0.05, 0) is 20.0 Å². The summed E-state index contributed by atoms with van der Waals surface area (Å²) in [6.07, 6.45) is -0.304. The predicted molar refractivity (Wildman–Crippen MR) is 58.3 cm³/mol. The molecular weight excluding hydrogens is 194 g/mol. The average Bonchev–Trinajstić information content (AvgIpc) is 2.21. The molecule has 0 amide bonds. The number of nitrogens with two attached hydrogens (primary N) is 1. The summed E-state index contributed by atoms with van der Waals surface area (Å²) in [4.78, 5) is 4.03. The maximum Gasteiger partial charge on any atom is 0.108 e. The van der Waals surface area contributed by atoms with E-state index in [1.807, 2.05) is 0 Å². The second-order valence-electron chi connectivity index (χ2n) is 3.51. The van der Waals surface area contributed by atoms with E-state index < -0.39 is 12.2 Å². The van der Waals surface area contributed by atoms with E-state index in [9.17, 15) is 10.2 Å². The van der Waals surface area contributed by atoms with Crippen molar-refractivity contribution in [3.05, 3.63) is 23.5 Å². The van der Waals surface area contributed by atoms with Crippen molar-refractivity contribution in [2.24, 2.45) is 0 Å². The Kier molecular flexibility index (Phi) is 4.02. The molecule has 2 unspecified atom stereocenters. The Hall–Kier alpha value is -1.17. The second-order valence-corrected chi connectivity index (χ2v) is 3.51. The van der Waals surface area contributed by atoms with Crippen molar-refractivity contribution >= 4 is 5.69 Å². The van der Waals surface area contributed by atoms with E-state index in [-0.39, 0.29) is 0 Å². The summed E-state index contributed by atoms with van der Waals surface area (Å²) in [5.74, 6) is 0. The van der Waals surface area contributed by atoms with Gasteiger partial charge in [-0.2, -0.15) is 0 Å². The van der Waals surface area contributed by atoms with Gasteiger partial charge >= 0.3 is 0 Å². The van der Waals surface area contributed by atoms with Crippen LogP contribution >= 0.6 is 0 Å². The molecular formula is C10H17N3O2. The molecule has 0 radical (unpaired) electrons. The molecule has 0 aromatic carbocycles. The number of aryl methyl sites for hydroxylation is 1. The van der Waals surface area contributed by atoms with Gasteiger partial charge < -0.3 is 21.3 Å². The van der Waals surface area contributed by atoms with E-state index in [0.717, 1.165) is 0 Å². The topological polar surface area (TPSA) is 91.4 Å². The van der Waals surface area contributed by atoms with Crippen molar-refractivity contribution < 1.29 is 10.2 Å². The number of aromatic nitrogens is 1. The maximum atomic E-state index is 9.75. The first-order valence-electron chi connectivity index (χ1n) is 4.79. The van der Waals surface area contributed by atoms with E-state index in [1.54, 1.807) is 20.0 Å². The number of pyridine rings is 1. The number of anilines is 1. The molecule has 0 aliphatic heterocycles. The monoisotopic (exact) mass is 211 g/mol. The number of likely N-dealkylation sites (N-methyl/N-ethyl adjacent to an activating group) is 1. The molecule has 5 N–H and O–H groups in total. The van der Waals surface area contributed by atoms with Crippen LogP contribution in [0, 0.1) is 6.92 Å². The average molecular weight is 211 g/mol. The van der Waals surface area contributed by atoms with Crippen LogP contribution in [0.4, 0.5) is 5.69 Å². The van der Waals surface area contributed by atoms with Crippen molar-refractivity contribution in [3.8, 4) is 0 Å². The van der Waals surface area contributed by atoms with E-state index in [4.69, 9.17) is 5.73 Å². The fourth-order valence-corrected chi connectivity index (χ4v) is 1.27. The molecule has 1 aromatic rings. The Morgan fingerprint density at radius 3 is 2.73 bits per heavy atom. The summed E-state index contributed by atoms with van der Waals surface area (Å²) in [6, 6.07) is 1.63. The molecule has 2 atom stereocenters. The number of nitrogens with one attached hydrogen (secondary N) is 1. The number of nitrogens with zero attached hydrogens (tertiary/aromatic N) is 1. The first kappa shape index (κ1) is 11.9. The molecule has 5 nitrogen and oxygen atoms in total. The van der Waals surface area contributed by atoms with Gasteiger partial charge in [-0.3, -0.25) is 4.98 Å². The van der Waals surface area contributed by atoms with Crippen LogP contribution in [0.15, 0.2) is 12.3 Å². The summed E-state index contributed by atoms with van der Waals surface area (Å²) in [5.41, 5.74) is 7.42. The summed E-state index contributed by atoms with van der Waals surface area (Å²) >= 11 is 0. The van der Waals surface area contributed by atoms with Crippen molar-refractivity contribution in [3.63, 3.8) is 0 Å². The molecule has 0 fully saturated rings. The quantitative estimate of drug-likeness (QED) is 0.543. The van der Waals surface area contributed by atoms with E-state index >= 15 is 0 Å². The Morgan fingerprint density at radius 2 is 2.20 bits per heavy atom. The van der Waals surface area contributed by atoms with Gasteiger partial charge in [0.25, 0.3) is 0 Å². The lowest BCUT2D eigenvalue weighted by atomic mass is 10.1. The Labute approximate surface area is 89.0 Å². The number of rotatable bonds is 4. The zero-order valence-corrected chi connectivity index (χ0v) is 8.94. The minimum absolute atomic E-state index is 0.314. The number of hydrogen-bond acceptors (Lipinski definition) is 5. The minimum atomic E-state index is -0.965. The number of hydrogen-bond donors (Lipinski definition) is 4. The van der Waals surface area contributed by atoms with Crippen LogP contribution in [-0.4, -0.2) is 34.9 Å². The normalized spacial score (nSPS) is 14.9. The van der Waals surface area contributed by atoms with Gasteiger partial charge in [-0.1, -0.05) is 0 Å². The van der Waals surface area contributed by atoms with Gasteiger partial charge in [0, 0.05) is 18.3 Å². The summed E-state index contributed by atoms with van der Waals surface area (Å²) in [5, 5.41) is 22.1. The third-order valence-electron chi connectivity index (χ3n) is 2.27. The van der Waals surface area contributed by atoms with E-state index in [2.05, 4.69) is 10.3 Å². The highest BCUT2D eigenvalue weighted by atomic mass is 16.3. The zero-order valence-electron chi connectivity index (χ0n) is 8.94. The van der Waals surface area contributed by atoms with Gasteiger partial charge in [-0.15, -0.1) is 0 Å². The van der Waals surface area contributed by atoms with E-state index in [1.165, 1.54) is 6.20 Å². The van der Waals surface area contributed by atoms with Crippen LogP contribution in [0.2, 0.25) is 0 Å². The zero-order chi connectivity index (χ0) is 11.4. The molecule has 5 heteroatoms. The van der Waals surface area contributed by atoms with Gasteiger partial charge in [0.05, 0.1) is 17.5 Å². The molecule has 84 valence electrons. The van der Waals surface area contributed by atoms with Gasteiger partial charge in [-0.25, -0.2) is 0 Å². The predicted octanol–water partition coefficient (Wildman–Crippen LogP) is -0.414. The SMILES string of the molecule is CNCC(O)C(O)c1cnc(C)c(N)c1. The van der Waals surface area contributed by atoms with Gasteiger partial charge in [0.1, 0.15) is 6.10 Å². The van der Waals surface area contributed by atoms with Crippen LogP contribution < -0.4 is 11.1 Å². The van der Waals surface area contributed by atoms with Crippen LogP contribution in [0.3, 0.4) is 0 Å². The van der Waals surface area contributed by atoms with Crippen LogP contribution in [0.1, 0.15) is 17.4 Å². The van der Waals surface area contributed by atoms with Crippen molar-refractivity contribution in [1.82, 2.24) is 10.3 Å². The molecule has 0 bridgehead atoms. The fourth-order valence-electron chi connectivity index (χ4n) is 1.27. The number of aliphatic hydroxyl groups is 2. The molecule has 1 rings (SSSR count). The number of aliphatic hydroxyl groups excluding tert-OH is 2. The van der Waals surface area contributed by atoms with Crippen LogP contribution in [0.25, 0.3) is 0 Å². The highest BCUT2D eigenvalue weighted by molar-refractivity contribution is 5.44. The fraction of sp³-hybridized carbons (Fsp3) is 0.500. The molecule has 15 heavy (non-hydrogen) atoms. The molecule has 0 spiro atoms.